The molecule has 3 aromatic rings. The summed E-state index contributed by atoms with van der Waals surface area (Å²) >= 11 is 6.30. The zero-order valence-corrected chi connectivity index (χ0v) is 19.8. The van der Waals surface area contributed by atoms with Gasteiger partial charge in [0.15, 0.2) is 0 Å². The van der Waals surface area contributed by atoms with Crippen LogP contribution in [0.2, 0.25) is 5.02 Å². The second kappa shape index (κ2) is 9.91. The minimum atomic E-state index is -3.87. The first-order chi connectivity index (χ1) is 15.8. The van der Waals surface area contributed by atoms with Crippen molar-refractivity contribution in [2.45, 2.75) is 18.4 Å². The molecule has 2 aromatic carbocycles. The lowest BCUT2D eigenvalue weighted by molar-refractivity contribution is 0.0627. The molecule has 1 aliphatic rings. The fraction of sp³-hybridized carbons (Fsp3) is 0.250. The van der Waals surface area contributed by atoms with E-state index in [-0.39, 0.29) is 21.4 Å². The first-order valence-corrected chi connectivity index (χ1v) is 12.5. The molecule has 1 N–H and O–H groups in total. The summed E-state index contributed by atoms with van der Waals surface area (Å²) in [5.41, 5.74) is 2.56. The Labute approximate surface area is 199 Å². The maximum absolute atomic E-state index is 13.2. The largest absolute Gasteiger partial charge is 0.336 e. The zero-order valence-electron chi connectivity index (χ0n) is 18.2. The SMILES string of the molecule is Cc1cccc(NS(=O)(=O)c2ccc(Cl)c(C(=O)N3CCN(Cc4ccccn4)CC3)c2)c1. The van der Waals surface area contributed by atoms with E-state index in [1.165, 1.54) is 18.2 Å². The van der Waals surface area contributed by atoms with E-state index < -0.39 is 10.0 Å². The number of halogens is 1. The number of carbonyl (C=O) groups is 1. The maximum atomic E-state index is 13.2. The predicted molar refractivity (Wildman–Crippen MR) is 129 cm³/mol. The lowest BCUT2D eigenvalue weighted by Crippen LogP contribution is -2.48. The van der Waals surface area contributed by atoms with Crippen molar-refractivity contribution in [1.29, 1.82) is 0 Å². The number of nitrogens with one attached hydrogen (secondary N) is 1. The molecule has 33 heavy (non-hydrogen) atoms. The van der Waals surface area contributed by atoms with E-state index in [9.17, 15) is 13.2 Å². The Kier molecular flexibility index (Phi) is 6.97. The van der Waals surface area contributed by atoms with E-state index in [4.69, 9.17) is 11.6 Å². The summed E-state index contributed by atoms with van der Waals surface area (Å²) in [5.74, 6) is -0.273. The first kappa shape index (κ1) is 23.2. The molecule has 4 rings (SSSR count). The highest BCUT2D eigenvalue weighted by molar-refractivity contribution is 7.92. The monoisotopic (exact) mass is 484 g/mol. The van der Waals surface area contributed by atoms with Crippen molar-refractivity contribution in [2.24, 2.45) is 0 Å². The molecular formula is C24H25ClN4O3S. The van der Waals surface area contributed by atoms with Gasteiger partial charge in [-0.25, -0.2) is 8.42 Å². The third-order valence-corrected chi connectivity index (χ3v) is 7.23. The highest BCUT2D eigenvalue weighted by Gasteiger charge is 2.26. The van der Waals surface area contributed by atoms with Crippen molar-refractivity contribution < 1.29 is 13.2 Å². The minimum absolute atomic E-state index is 0.00876. The van der Waals surface area contributed by atoms with Crippen LogP contribution in [0.4, 0.5) is 5.69 Å². The van der Waals surface area contributed by atoms with Crippen LogP contribution in [0.1, 0.15) is 21.6 Å². The molecule has 1 fully saturated rings. The second-order valence-corrected chi connectivity index (χ2v) is 10.1. The van der Waals surface area contributed by atoms with Crippen LogP contribution < -0.4 is 4.72 Å². The van der Waals surface area contributed by atoms with E-state index in [0.29, 0.717) is 31.9 Å². The molecule has 7 nitrogen and oxygen atoms in total. The normalized spacial score (nSPS) is 14.8. The Bertz CT molecular complexity index is 1240. The molecule has 0 radical (unpaired) electrons. The van der Waals surface area contributed by atoms with Gasteiger partial charge in [0.2, 0.25) is 0 Å². The summed E-state index contributed by atoms with van der Waals surface area (Å²) in [5, 5.41) is 0.227. The van der Waals surface area contributed by atoms with Crippen molar-refractivity contribution in [3.05, 3.63) is 88.7 Å². The van der Waals surface area contributed by atoms with Crippen molar-refractivity contribution >= 4 is 33.2 Å². The molecule has 2 heterocycles. The number of aromatic nitrogens is 1. The molecule has 0 aliphatic carbocycles. The van der Waals surface area contributed by atoms with Gasteiger partial charge < -0.3 is 4.90 Å². The number of benzene rings is 2. The fourth-order valence-corrected chi connectivity index (χ4v) is 5.03. The van der Waals surface area contributed by atoms with Gasteiger partial charge in [-0.15, -0.1) is 0 Å². The summed E-state index contributed by atoms with van der Waals surface area (Å²) in [6.07, 6.45) is 1.77. The van der Waals surface area contributed by atoms with Crippen LogP contribution in [-0.2, 0) is 16.6 Å². The molecule has 1 aliphatic heterocycles. The topological polar surface area (TPSA) is 82.6 Å². The molecule has 1 aromatic heterocycles. The van der Waals surface area contributed by atoms with E-state index in [1.807, 2.05) is 31.2 Å². The van der Waals surface area contributed by atoms with Crippen molar-refractivity contribution in [3.8, 4) is 0 Å². The zero-order chi connectivity index (χ0) is 23.4. The average molecular weight is 485 g/mol. The smallest absolute Gasteiger partial charge is 0.261 e. The van der Waals surface area contributed by atoms with Gasteiger partial charge >= 0.3 is 0 Å². The van der Waals surface area contributed by atoms with Crippen LogP contribution in [0.5, 0.6) is 0 Å². The average Bonchev–Trinajstić information content (AvgIpc) is 2.80. The first-order valence-electron chi connectivity index (χ1n) is 10.6. The van der Waals surface area contributed by atoms with Gasteiger partial charge in [-0.1, -0.05) is 29.8 Å². The Morgan fingerprint density at radius 1 is 1.03 bits per heavy atom. The standard InChI is InChI=1S/C24H25ClN4O3S/c1-18-5-4-7-19(15-18)27-33(31,32)21-8-9-23(25)22(16-21)24(30)29-13-11-28(12-14-29)17-20-6-2-3-10-26-20/h2-10,15-16,27H,11-14,17H2,1H3. The molecule has 0 atom stereocenters. The van der Waals surface area contributed by atoms with Crippen LogP contribution in [0.3, 0.4) is 0 Å². The Morgan fingerprint density at radius 3 is 2.52 bits per heavy atom. The molecule has 0 saturated carbocycles. The van der Waals surface area contributed by atoms with E-state index >= 15 is 0 Å². The Hall–Kier alpha value is -2.94. The fourth-order valence-electron chi connectivity index (χ4n) is 3.76. The number of pyridine rings is 1. The van der Waals surface area contributed by atoms with E-state index in [1.54, 1.807) is 29.3 Å². The molecule has 0 unspecified atom stereocenters. The van der Waals surface area contributed by atoms with Gasteiger partial charge in [0.25, 0.3) is 15.9 Å². The second-order valence-electron chi connectivity index (χ2n) is 8.01. The third-order valence-electron chi connectivity index (χ3n) is 5.52. The van der Waals surface area contributed by atoms with Crippen molar-refractivity contribution in [1.82, 2.24) is 14.8 Å². The number of nitrogens with zero attached hydrogens (tertiary/aromatic N) is 3. The van der Waals surface area contributed by atoms with Crippen molar-refractivity contribution in [2.75, 3.05) is 30.9 Å². The molecule has 0 bridgehead atoms. The van der Waals surface area contributed by atoms with Crippen LogP contribution in [-0.4, -0.2) is 55.3 Å². The lowest BCUT2D eigenvalue weighted by Gasteiger charge is -2.34. The number of rotatable bonds is 6. The highest BCUT2D eigenvalue weighted by atomic mass is 35.5. The van der Waals surface area contributed by atoms with Crippen molar-refractivity contribution in [3.63, 3.8) is 0 Å². The summed E-state index contributed by atoms with van der Waals surface area (Å²) in [6, 6.07) is 17.1. The number of hydrogen-bond acceptors (Lipinski definition) is 5. The summed E-state index contributed by atoms with van der Waals surface area (Å²) in [7, 11) is -3.87. The highest BCUT2D eigenvalue weighted by Crippen LogP contribution is 2.24. The van der Waals surface area contributed by atoms with Gasteiger partial charge in [0.05, 0.1) is 21.2 Å². The number of sulfonamides is 1. The molecule has 1 amide bonds. The number of carbonyl (C=O) groups excluding carboxylic acids is 1. The summed E-state index contributed by atoms with van der Waals surface area (Å²) < 4.78 is 28.4. The number of aryl methyl sites for hydroxylation is 1. The molecule has 172 valence electrons. The van der Waals surface area contributed by atoms with Gasteiger partial charge in [-0.2, -0.15) is 0 Å². The van der Waals surface area contributed by atoms with Gasteiger partial charge in [-0.05, 0) is 55.0 Å². The molecule has 9 heteroatoms. The van der Waals surface area contributed by atoms with E-state index in [2.05, 4.69) is 14.6 Å². The Morgan fingerprint density at radius 2 is 1.82 bits per heavy atom. The summed E-state index contributed by atoms with van der Waals surface area (Å²) in [4.78, 5) is 21.5. The molecular weight excluding hydrogens is 460 g/mol. The van der Waals surface area contributed by atoms with Crippen LogP contribution in [0.25, 0.3) is 0 Å². The van der Waals surface area contributed by atoms with Gasteiger partial charge in [0, 0.05) is 44.6 Å². The molecule has 0 spiro atoms. The number of piperazine rings is 1. The number of amides is 1. The predicted octanol–water partition coefficient (Wildman–Crippen LogP) is 3.80. The Balaban J connectivity index is 1.45. The lowest BCUT2D eigenvalue weighted by atomic mass is 10.1. The quantitative estimate of drug-likeness (QED) is 0.575. The maximum Gasteiger partial charge on any atom is 0.261 e. The van der Waals surface area contributed by atoms with Gasteiger partial charge in [0.1, 0.15) is 0 Å². The van der Waals surface area contributed by atoms with E-state index in [0.717, 1.165) is 17.8 Å². The number of hydrogen-bond donors (Lipinski definition) is 1. The third kappa shape index (κ3) is 5.71. The number of anilines is 1. The molecule has 1 saturated heterocycles. The summed E-state index contributed by atoms with van der Waals surface area (Å²) in [6.45, 7) is 5.07. The minimum Gasteiger partial charge on any atom is -0.336 e. The van der Waals surface area contributed by atoms with Crippen LogP contribution in [0, 0.1) is 6.92 Å². The van der Waals surface area contributed by atoms with Crippen LogP contribution >= 0.6 is 11.6 Å². The van der Waals surface area contributed by atoms with Crippen LogP contribution in [0.15, 0.2) is 71.8 Å². The van der Waals surface area contributed by atoms with Gasteiger partial charge in [-0.3, -0.25) is 19.4 Å².